The van der Waals surface area contributed by atoms with Gasteiger partial charge < -0.3 is 40.3 Å². The fraction of sp³-hybridized carbons (Fsp3) is 0.364. The molecule has 2 unspecified atom stereocenters. The summed E-state index contributed by atoms with van der Waals surface area (Å²) < 4.78 is 11.1. The van der Waals surface area contributed by atoms with Gasteiger partial charge in [-0.25, -0.2) is 4.98 Å². The van der Waals surface area contributed by atoms with Crippen molar-refractivity contribution < 1.29 is 39.8 Å². The van der Waals surface area contributed by atoms with Gasteiger partial charge >= 0.3 is 0 Å². The standard InChI is InChI=1S/C44H50N2O8/c1-27(2)26-54-40-22-29(20-38(51)43(40)52)8-15-37(50)42(36(49)14-7-28-6-13-35(48)39(21-28)53-3)44(17-4-5-18-44)32-16-19-45-41(25-32)46-33-11-9-31-24-34(47)12-10-30(31)23-33/h6,9-13,16,19-25,27,36,42,47-49,51-52H,4-5,7-8,14-15,17-18,26H2,1-3H3,(H,45,46). The summed E-state index contributed by atoms with van der Waals surface area (Å²) in [7, 11) is 1.49. The molecule has 0 bridgehead atoms. The highest BCUT2D eigenvalue weighted by Gasteiger charge is 2.49. The Morgan fingerprint density at radius 3 is 2.33 bits per heavy atom. The molecule has 1 saturated carbocycles. The molecular weight excluding hydrogens is 684 g/mol. The molecule has 0 saturated heterocycles. The van der Waals surface area contributed by atoms with Crippen LogP contribution in [0.3, 0.4) is 0 Å². The van der Waals surface area contributed by atoms with Crippen molar-refractivity contribution in [3.63, 3.8) is 0 Å². The molecule has 0 radical (unpaired) electrons. The molecule has 6 rings (SSSR count). The summed E-state index contributed by atoms with van der Waals surface area (Å²) in [5.41, 5.74) is 2.60. The second-order valence-electron chi connectivity index (χ2n) is 14.9. The number of pyridine rings is 1. The number of aromatic hydroxyl groups is 4. The van der Waals surface area contributed by atoms with Crippen LogP contribution in [0.4, 0.5) is 11.5 Å². The molecular formula is C44H50N2O8. The summed E-state index contributed by atoms with van der Waals surface area (Å²) in [5.74, 6) is 0.0847. The van der Waals surface area contributed by atoms with Crippen molar-refractivity contribution in [1.82, 2.24) is 4.98 Å². The third-order valence-corrected chi connectivity index (χ3v) is 10.6. The topological polar surface area (TPSA) is 162 Å². The predicted molar refractivity (Wildman–Crippen MR) is 209 cm³/mol. The number of methoxy groups -OCH3 is 1. The molecule has 10 nitrogen and oxygen atoms in total. The minimum absolute atomic E-state index is 0.0304. The first-order chi connectivity index (χ1) is 25.9. The van der Waals surface area contributed by atoms with E-state index in [1.54, 1.807) is 42.6 Å². The van der Waals surface area contributed by atoms with Gasteiger partial charge in [0.2, 0.25) is 5.75 Å². The monoisotopic (exact) mass is 734 g/mol. The first kappa shape index (κ1) is 38.3. The third-order valence-electron chi connectivity index (χ3n) is 10.6. The number of phenols is 4. The Kier molecular flexibility index (Phi) is 11.8. The summed E-state index contributed by atoms with van der Waals surface area (Å²) in [6.45, 7) is 4.33. The van der Waals surface area contributed by atoms with Crippen LogP contribution in [0, 0.1) is 11.8 Å². The van der Waals surface area contributed by atoms with Crippen LogP contribution in [0.5, 0.6) is 34.5 Å². The summed E-state index contributed by atoms with van der Waals surface area (Å²) in [4.78, 5) is 19.3. The molecule has 0 aliphatic heterocycles. The van der Waals surface area contributed by atoms with Crippen LogP contribution in [0.1, 0.15) is 69.1 Å². The lowest BCUT2D eigenvalue weighted by Crippen LogP contribution is -2.45. The Hall–Kier alpha value is -5.48. The molecule has 1 fully saturated rings. The number of fused-ring (bicyclic) bond motifs is 1. The van der Waals surface area contributed by atoms with E-state index in [9.17, 15) is 30.3 Å². The number of carbonyl (C=O) groups excluding carboxylic acids is 1. The highest BCUT2D eigenvalue weighted by molar-refractivity contribution is 5.87. The lowest BCUT2D eigenvalue weighted by atomic mass is 9.64. The lowest BCUT2D eigenvalue weighted by Gasteiger charge is -2.40. The van der Waals surface area contributed by atoms with E-state index in [0.717, 1.165) is 40.4 Å². The van der Waals surface area contributed by atoms with E-state index in [2.05, 4.69) is 10.3 Å². The number of hydrogen-bond donors (Lipinski definition) is 6. The Morgan fingerprint density at radius 1 is 0.833 bits per heavy atom. The summed E-state index contributed by atoms with van der Waals surface area (Å²) in [6.07, 6.45) is 5.13. The zero-order valence-corrected chi connectivity index (χ0v) is 31.1. The number of benzene rings is 4. The number of aryl methyl sites for hydroxylation is 2. The Morgan fingerprint density at radius 2 is 1.57 bits per heavy atom. The van der Waals surface area contributed by atoms with Gasteiger partial charge in [-0.3, -0.25) is 4.79 Å². The Bertz CT molecular complexity index is 2090. The molecule has 1 aromatic heterocycles. The van der Waals surface area contributed by atoms with Crippen molar-refractivity contribution in [2.75, 3.05) is 19.0 Å². The van der Waals surface area contributed by atoms with Crippen LogP contribution in [0.15, 0.2) is 85.1 Å². The maximum atomic E-state index is 14.7. The molecule has 54 heavy (non-hydrogen) atoms. The van der Waals surface area contributed by atoms with Crippen LogP contribution in [-0.2, 0) is 23.1 Å². The molecule has 0 amide bonds. The lowest BCUT2D eigenvalue weighted by molar-refractivity contribution is -0.130. The maximum Gasteiger partial charge on any atom is 0.200 e. The molecule has 2 atom stereocenters. The minimum Gasteiger partial charge on any atom is -0.508 e. The summed E-state index contributed by atoms with van der Waals surface area (Å²) in [5, 5.41) is 58.4. The number of hydrogen-bond acceptors (Lipinski definition) is 10. The minimum atomic E-state index is -0.991. The van der Waals surface area contributed by atoms with Gasteiger partial charge in [-0.1, -0.05) is 44.9 Å². The average Bonchev–Trinajstić information content (AvgIpc) is 3.65. The first-order valence-corrected chi connectivity index (χ1v) is 18.7. The van der Waals surface area contributed by atoms with Crippen LogP contribution < -0.4 is 14.8 Å². The van der Waals surface area contributed by atoms with Crippen molar-refractivity contribution in [1.29, 1.82) is 0 Å². The smallest absolute Gasteiger partial charge is 0.200 e. The average molecular weight is 735 g/mol. The number of anilines is 2. The van der Waals surface area contributed by atoms with Crippen molar-refractivity contribution >= 4 is 28.1 Å². The van der Waals surface area contributed by atoms with E-state index in [4.69, 9.17) is 9.47 Å². The molecule has 1 aliphatic rings. The molecule has 0 spiro atoms. The molecule has 6 N–H and O–H groups in total. The number of aliphatic hydroxyl groups excluding tert-OH is 1. The van der Waals surface area contributed by atoms with E-state index in [0.29, 0.717) is 49.4 Å². The first-order valence-electron chi connectivity index (χ1n) is 18.7. The number of aromatic nitrogens is 1. The number of phenolic OH excluding ortho intramolecular Hbond substituents is 4. The van der Waals surface area contributed by atoms with E-state index in [1.165, 1.54) is 13.2 Å². The van der Waals surface area contributed by atoms with Crippen LogP contribution >= 0.6 is 0 Å². The predicted octanol–water partition coefficient (Wildman–Crippen LogP) is 8.47. The normalized spacial score (nSPS) is 14.9. The van der Waals surface area contributed by atoms with Crippen LogP contribution in [0.25, 0.3) is 10.8 Å². The van der Waals surface area contributed by atoms with Crippen molar-refractivity contribution in [3.8, 4) is 34.5 Å². The molecule has 1 aliphatic carbocycles. The number of ether oxygens (including phenoxy) is 2. The highest BCUT2D eigenvalue weighted by Crippen LogP contribution is 2.50. The van der Waals surface area contributed by atoms with Gasteiger partial charge in [0.25, 0.3) is 0 Å². The van der Waals surface area contributed by atoms with Gasteiger partial charge in [0.1, 0.15) is 17.4 Å². The fourth-order valence-electron chi connectivity index (χ4n) is 7.88. The zero-order valence-electron chi connectivity index (χ0n) is 31.1. The van der Waals surface area contributed by atoms with E-state index < -0.39 is 17.4 Å². The van der Waals surface area contributed by atoms with Gasteiger partial charge in [0.15, 0.2) is 23.0 Å². The van der Waals surface area contributed by atoms with Crippen molar-refractivity contribution in [2.24, 2.45) is 11.8 Å². The number of nitrogens with zero attached hydrogens (tertiary/aromatic N) is 1. The van der Waals surface area contributed by atoms with E-state index in [1.807, 2.05) is 50.2 Å². The highest BCUT2D eigenvalue weighted by atomic mass is 16.5. The second-order valence-corrected chi connectivity index (χ2v) is 14.9. The third kappa shape index (κ3) is 8.66. The van der Waals surface area contributed by atoms with Crippen molar-refractivity contribution in [3.05, 3.63) is 102 Å². The number of rotatable bonds is 16. The maximum absolute atomic E-state index is 14.7. The molecule has 1 heterocycles. The second kappa shape index (κ2) is 16.7. The number of nitrogens with one attached hydrogen (secondary N) is 1. The van der Waals surface area contributed by atoms with E-state index >= 15 is 0 Å². The number of aliphatic hydroxyl groups is 1. The largest absolute Gasteiger partial charge is 0.508 e. The SMILES string of the molecule is COc1cc(CCC(O)C(C(=O)CCc2cc(O)c(O)c(OCC(C)C)c2)C2(c3ccnc(Nc4ccc5cc(O)ccc5c4)c3)CCCC2)ccc1O. The number of ketones is 1. The van der Waals surface area contributed by atoms with Crippen LogP contribution in [0.2, 0.25) is 0 Å². The van der Waals surface area contributed by atoms with Crippen molar-refractivity contribution in [2.45, 2.75) is 76.7 Å². The Labute approximate surface area is 316 Å². The van der Waals surface area contributed by atoms with Gasteiger partial charge in [-0.2, -0.15) is 0 Å². The van der Waals surface area contributed by atoms with Crippen LogP contribution in [-0.4, -0.2) is 56.1 Å². The van der Waals surface area contributed by atoms with Gasteiger partial charge in [-0.05, 0) is 126 Å². The Balaban J connectivity index is 1.30. The van der Waals surface area contributed by atoms with E-state index in [-0.39, 0.29) is 53.3 Å². The molecule has 10 heteroatoms. The summed E-state index contributed by atoms with van der Waals surface area (Å²) >= 11 is 0. The van der Waals surface area contributed by atoms with Gasteiger partial charge in [0, 0.05) is 23.7 Å². The van der Waals surface area contributed by atoms with Gasteiger partial charge in [-0.15, -0.1) is 0 Å². The quantitative estimate of drug-likeness (QED) is 0.0543. The fourth-order valence-corrected chi connectivity index (χ4v) is 7.88. The molecule has 4 aromatic carbocycles. The van der Waals surface area contributed by atoms with Gasteiger partial charge in [0.05, 0.1) is 25.7 Å². The molecule has 5 aromatic rings. The molecule has 284 valence electrons. The number of Topliss-reactive ketones (excluding diaryl/α,β-unsaturated/α-hetero) is 1. The summed E-state index contributed by atoms with van der Waals surface area (Å²) in [6, 6.07) is 23.2. The zero-order chi connectivity index (χ0) is 38.4. The number of carbonyl (C=O) groups is 1.